The molecule has 1 saturated heterocycles. The molecule has 1 heterocycles. The molecule has 0 aromatic carbocycles. The molecule has 39 heavy (non-hydrogen) atoms. The van der Waals surface area contributed by atoms with Gasteiger partial charge in [0.25, 0.3) is 0 Å². The van der Waals surface area contributed by atoms with Crippen molar-refractivity contribution in [3.05, 3.63) is 0 Å². The Morgan fingerprint density at radius 3 is 2.21 bits per heavy atom. The Kier molecular flexibility index (Phi) is 7.41. The second-order valence-electron chi connectivity index (χ2n) is 14.9. The summed E-state index contributed by atoms with van der Waals surface area (Å²) in [5, 5.41) is 64.2. The first-order chi connectivity index (χ1) is 18.0. The van der Waals surface area contributed by atoms with Gasteiger partial charge >= 0.3 is 0 Å². The summed E-state index contributed by atoms with van der Waals surface area (Å²) >= 11 is 0. The van der Waals surface area contributed by atoms with E-state index in [1.807, 2.05) is 0 Å². The molecule has 6 N–H and O–H groups in total. The SMILES string of the molecule is CC(=O)[C@H]1CC[C@]2(C)[C@@H]1[C@H](O)C[C@@H]1[C@@]3(C)CC[C@H](O)C(C)(C)[C@H]3[C@@H](O[C@H]3O[C@H](CO)[C@@H](O)[C@H](O)[C@H]3O)C[C@]12C. The summed E-state index contributed by atoms with van der Waals surface area (Å²) in [6.45, 7) is 12.0. The van der Waals surface area contributed by atoms with Crippen LogP contribution in [0.5, 0.6) is 0 Å². The molecule has 5 fully saturated rings. The topological polar surface area (TPSA) is 157 Å². The highest BCUT2D eigenvalue weighted by molar-refractivity contribution is 5.79. The Morgan fingerprint density at radius 1 is 0.923 bits per heavy atom. The minimum atomic E-state index is -1.54. The zero-order valence-electron chi connectivity index (χ0n) is 24.3. The number of hydrogen-bond donors (Lipinski definition) is 6. The van der Waals surface area contributed by atoms with E-state index in [9.17, 15) is 35.4 Å². The summed E-state index contributed by atoms with van der Waals surface area (Å²) in [6.07, 6.45) is -4.37. The molecule has 224 valence electrons. The molecule has 0 radical (unpaired) electrons. The van der Waals surface area contributed by atoms with E-state index in [4.69, 9.17) is 9.47 Å². The van der Waals surface area contributed by atoms with E-state index in [2.05, 4.69) is 34.6 Å². The third kappa shape index (κ3) is 4.05. The van der Waals surface area contributed by atoms with E-state index in [0.717, 1.165) is 19.3 Å². The van der Waals surface area contributed by atoms with E-state index < -0.39 is 61.0 Å². The van der Waals surface area contributed by atoms with Crippen LogP contribution in [0.15, 0.2) is 0 Å². The van der Waals surface area contributed by atoms with Crippen molar-refractivity contribution < 1.29 is 44.9 Å². The minimum Gasteiger partial charge on any atom is -0.394 e. The molecular weight excluding hydrogens is 504 g/mol. The smallest absolute Gasteiger partial charge is 0.186 e. The van der Waals surface area contributed by atoms with Gasteiger partial charge < -0.3 is 40.1 Å². The number of hydrogen-bond acceptors (Lipinski definition) is 9. The summed E-state index contributed by atoms with van der Waals surface area (Å²) < 4.78 is 12.4. The van der Waals surface area contributed by atoms with Crippen LogP contribution in [0.1, 0.15) is 80.1 Å². The van der Waals surface area contributed by atoms with E-state index in [1.165, 1.54) is 0 Å². The van der Waals surface area contributed by atoms with Crippen LogP contribution in [0.3, 0.4) is 0 Å². The highest BCUT2D eigenvalue weighted by Crippen LogP contribution is 2.75. The average molecular weight is 555 g/mol. The van der Waals surface area contributed by atoms with Crippen molar-refractivity contribution in [2.75, 3.05) is 6.61 Å². The molecule has 0 bridgehead atoms. The molecule has 4 saturated carbocycles. The quantitative estimate of drug-likeness (QED) is 0.283. The zero-order chi connectivity index (χ0) is 28.9. The number of fused-ring (bicyclic) bond motifs is 5. The van der Waals surface area contributed by atoms with Gasteiger partial charge in [-0.25, -0.2) is 0 Å². The van der Waals surface area contributed by atoms with Crippen LogP contribution in [0.25, 0.3) is 0 Å². The molecule has 0 aromatic heterocycles. The monoisotopic (exact) mass is 554 g/mol. The van der Waals surface area contributed by atoms with Crippen LogP contribution in [0.4, 0.5) is 0 Å². The predicted octanol–water partition coefficient (Wildman–Crippen LogP) is 1.39. The molecule has 0 unspecified atom stereocenters. The van der Waals surface area contributed by atoms with Crippen molar-refractivity contribution in [1.82, 2.24) is 0 Å². The molecule has 0 aromatic rings. The molecular formula is C30H50O9. The van der Waals surface area contributed by atoms with Crippen LogP contribution in [-0.2, 0) is 14.3 Å². The van der Waals surface area contributed by atoms with Gasteiger partial charge in [0.15, 0.2) is 6.29 Å². The van der Waals surface area contributed by atoms with Crippen molar-refractivity contribution >= 4 is 5.78 Å². The Bertz CT molecular complexity index is 955. The van der Waals surface area contributed by atoms with Gasteiger partial charge in [-0.05, 0) is 78.9 Å². The van der Waals surface area contributed by atoms with Gasteiger partial charge in [-0.15, -0.1) is 0 Å². The lowest BCUT2D eigenvalue weighted by atomic mass is 9.34. The van der Waals surface area contributed by atoms with Crippen molar-refractivity contribution in [2.45, 2.75) is 129 Å². The number of carbonyl (C=O) groups is 1. The van der Waals surface area contributed by atoms with Crippen LogP contribution in [0, 0.1) is 45.3 Å². The maximum atomic E-state index is 12.7. The summed E-state index contributed by atoms with van der Waals surface area (Å²) in [4.78, 5) is 12.7. The lowest BCUT2D eigenvalue weighted by molar-refractivity contribution is -0.346. The standard InChI is InChI=1S/C30H50O9/c1-14(32)15-7-10-29(5)21(15)16(33)11-19-28(4)9-8-20(34)27(2,3)25(28)17(12-30(19,29)6)38-26-24(37)23(36)22(35)18(13-31)39-26/h15-26,31,33-37H,7-13H2,1-6H3/t15-,16-,17+,18-,19-,20+,21+,22-,23+,24-,25-,26+,28-,29-,30-/m1/s1. The predicted molar refractivity (Wildman–Crippen MR) is 141 cm³/mol. The molecule has 0 spiro atoms. The highest BCUT2D eigenvalue weighted by Gasteiger charge is 2.73. The fourth-order valence-corrected chi connectivity index (χ4v) is 10.8. The maximum absolute atomic E-state index is 12.7. The normalized spacial score (nSPS) is 56.8. The molecule has 5 rings (SSSR count). The number of ketones is 1. The second kappa shape index (κ2) is 9.69. The van der Waals surface area contributed by atoms with Crippen molar-refractivity contribution in [2.24, 2.45) is 45.3 Å². The van der Waals surface area contributed by atoms with Crippen LogP contribution >= 0.6 is 0 Å². The van der Waals surface area contributed by atoms with Gasteiger partial charge in [-0.3, -0.25) is 4.79 Å². The Labute approximate surface area is 231 Å². The number of Topliss-reactive ketones (excluding diaryl/α,β-unsaturated/α-hetero) is 1. The summed E-state index contributed by atoms with van der Waals surface area (Å²) in [6, 6.07) is 0. The molecule has 15 atom stereocenters. The van der Waals surface area contributed by atoms with Gasteiger partial charge in [-0.2, -0.15) is 0 Å². The lowest BCUT2D eigenvalue weighted by Gasteiger charge is -2.71. The molecule has 9 nitrogen and oxygen atoms in total. The second-order valence-corrected chi connectivity index (χ2v) is 14.9. The van der Waals surface area contributed by atoms with E-state index in [0.29, 0.717) is 19.3 Å². The first-order valence-electron chi connectivity index (χ1n) is 14.9. The van der Waals surface area contributed by atoms with Gasteiger partial charge in [0.05, 0.1) is 24.9 Å². The molecule has 0 amide bonds. The van der Waals surface area contributed by atoms with Crippen LogP contribution in [-0.4, -0.2) is 92.0 Å². The number of rotatable bonds is 4. The first kappa shape index (κ1) is 29.8. The molecule has 5 aliphatic rings. The van der Waals surface area contributed by atoms with E-state index in [-0.39, 0.29) is 45.7 Å². The average Bonchev–Trinajstić information content (AvgIpc) is 3.24. The van der Waals surface area contributed by atoms with Crippen LogP contribution in [0.2, 0.25) is 0 Å². The number of aliphatic hydroxyl groups is 6. The van der Waals surface area contributed by atoms with Crippen LogP contribution < -0.4 is 0 Å². The van der Waals surface area contributed by atoms with Gasteiger partial charge in [0, 0.05) is 11.8 Å². The Hall–Kier alpha value is -0.650. The summed E-state index contributed by atoms with van der Waals surface area (Å²) in [7, 11) is 0. The van der Waals surface area contributed by atoms with Gasteiger partial charge in [-0.1, -0.05) is 34.6 Å². The highest BCUT2D eigenvalue weighted by atomic mass is 16.7. The largest absolute Gasteiger partial charge is 0.394 e. The van der Waals surface area contributed by atoms with Crippen molar-refractivity contribution in [3.63, 3.8) is 0 Å². The minimum absolute atomic E-state index is 0.124. The summed E-state index contributed by atoms with van der Waals surface area (Å²) in [5.74, 6) is -0.232. The number of ether oxygens (including phenoxy) is 2. The van der Waals surface area contributed by atoms with E-state index in [1.54, 1.807) is 6.92 Å². The maximum Gasteiger partial charge on any atom is 0.186 e. The number of aliphatic hydroxyl groups excluding tert-OH is 6. The lowest BCUT2D eigenvalue weighted by Crippen LogP contribution is -2.70. The molecule has 9 heteroatoms. The fraction of sp³-hybridized carbons (Fsp3) is 0.967. The third-order valence-electron chi connectivity index (χ3n) is 12.9. The van der Waals surface area contributed by atoms with Crippen molar-refractivity contribution in [1.29, 1.82) is 0 Å². The third-order valence-corrected chi connectivity index (χ3v) is 12.9. The number of carbonyl (C=O) groups excluding carboxylic acids is 1. The first-order valence-corrected chi connectivity index (χ1v) is 14.9. The zero-order valence-corrected chi connectivity index (χ0v) is 24.3. The summed E-state index contributed by atoms with van der Waals surface area (Å²) in [5.41, 5.74) is -1.51. The van der Waals surface area contributed by atoms with Gasteiger partial charge in [0.2, 0.25) is 0 Å². The van der Waals surface area contributed by atoms with E-state index >= 15 is 0 Å². The van der Waals surface area contributed by atoms with Gasteiger partial charge in [0.1, 0.15) is 30.2 Å². The molecule has 1 aliphatic heterocycles. The van der Waals surface area contributed by atoms with Crippen molar-refractivity contribution in [3.8, 4) is 0 Å². The molecule has 4 aliphatic carbocycles. The Balaban J connectivity index is 1.58. The Morgan fingerprint density at radius 2 is 1.59 bits per heavy atom. The fourth-order valence-electron chi connectivity index (χ4n) is 10.8.